The van der Waals surface area contributed by atoms with Crippen molar-refractivity contribution in [1.82, 2.24) is 10.6 Å². The lowest BCUT2D eigenvalue weighted by molar-refractivity contribution is 0.157. The molecule has 0 aliphatic carbocycles. The van der Waals surface area contributed by atoms with Crippen LogP contribution in [0.5, 0.6) is 0 Å². The lowest BCUT2D eigenvalue weighted by Gasteiger charge is -2.18. The van der Waals surface area contributed by atoms with Gasteiger partial charge in [0.05, 0.1) is 31.6 Å². The van der Waals surface area contributed by atoms with Crippen LogP contribution >= 0.6 is 24.0 Å². The molecular formula is C18H32IN3O3S. The standard InChI is InChI=1S/C18H31N3O3S.HI/c1-5-16-7-9-17(10-8-16)15(3)21-18(19-6-2)20-11-12-24-13-14-25(4,22)23;/h7-10,15H,5-6,11-14H2,1-4H3,(H2,19,20,21);1H. The molecule has 2 N–H and O–H groups in total. The molecule has 1 unspecified atom stereocenters. The molecule has 1 aromatic carbocycles. The predicted octanol–water partition coefficient (Wildman–Crippen LogP) is 2.54. The summed E-state index contributed by atoms with van der Waals surface area (Å²) in [6, 6.07) is 8.69. The predicted molar refractivity (Wildman–Crippen MR) is 119 cm³/mol. The van der Waals surface area contributed by atoms with Gasteiger partial charge in [-0.3, -0.25) is 4.99 Å². The van der Waals surface area contributed by atoms with E-state index in [1.54, 1.807) is 0 Å². The minimum absolute atomic E-state index is 0. The topological polar surface area (TPSA) is 79.8 Å². The van der Waals surface area contributed by atoms with Crippen LogP contribution in [0.25, 0.3) is 0 Å². The maximum atomic E-state index is 11.0. The number of aliphatic imine (C=N–C) groups is 1. The van der Waals surface area contributed by atoms with E-state index >= 15 is 0 Å². The number of aryl methyl sites for hydroxylation is 1. The first-order valence-electron chi connectivity index (χ1n) is 8.74. The van der Waals surface area contributed by atoms with Gasteiger partial charge in [0.2, 0.25) is 0 Å². The first-order valence-corrected chi connectivity index (χ1v) is 10.8. The second-order valence-corrected chi connectivity index (χ2v) is 8.22. The average molecular weight is 497 g/mol. The SMILES string of the molecule is CCNC(=NCCOCCS(C)(=O)=O)NC(C)c1ccc(CC)cc1.I. The van der Waals surface area contributed by atoms with Crippen molar-refractivity contribution in [3.8, 4) is 0 Å². The second kappa shape index (κ2) is 13.3. The molecule has 0 spiro atoms. The van der Waals surface area contributed by atoms with Gasteiger partial charge in [0.25, 0.3) is 0 Å². The summed E-state index contributed by atoms with van der Waals surface area (Å²) in [5.41, 5.74) is 2.52. The highest BCUT2D eigenvalue weighted by molar-refractivity contribution is 14.0. The number of hydrogen-bond acceptors (Lipinski definition) is 4. The van der Waals surface area contributed by atoms with Gasteiger partial charge in [0.15, 0.2) is 5.96 Å². The quantitative estimate of drug-likeness (QED) is 0.225. The molecule has 8 heteroatoms. The molecule has 1 aromatic rings. The highest BCUT2D eigenvalue weighted by Crippen LogP contribution is 2.13. The zero-order valence-corrected chi connectivity index (χ0v) is 19.3. The molecule has 0 saturated heterocycles. The monoisotopic (exact) mass is 497 g/mol. The molecule has 1 rings (SSSR count). The molecule has 150 valence electrons. The van der Waals surface area contributed by atoms with Crippen molar-refractivity contribution in [1.29, 1.82) is 0 Å². The van der Waals surface area contributed by atoms with Crippen molar-refractivity contribution in [2.75, 3.05) is 38.3 Å². The maximum Gasteiger partial charge on any atom is 0.191 e. The van der Waals surface area contributed by atoms with Gasteiger partial charge < -0.3 is 15.4 Å². The normalized spacial score (nSPS) is 13.0. The molecule has 0 fully saturated rings. The minimum atomic E-state index is -2.97. The van der Waals surface area contributed by atoms with E-state index in [0.717, 1.165) is 18.9 Å². The number of sulfone groups is 1. The van der Waals surface area contributed by atoms with Gasteiger partial charge >= 0.3 is 0 Å². The third kappa shape index (κ3) is 11.0. The number of ether oxygens (including phenoxy) is 1. The molecule has 0 aromatic heterocycles. The van der Waals surface area contributed by atoms with E-state index in [1.165, 1.54) is 17.4 Å². The van der Waals surface area contributed by atoms with Gasteiger partial charge in [-0.2, -0.15) is 0 Å². The van der Waals surface area contributed by atoms with Gasteiger partial charge in [-0.15, -0.1) is 24.0 Å². The Labute approximate surface area is 175 Å². The molecule has 0 bridgehead atoms. The van der Waals surface area contributed by atoms with Gasteiger partial charge in [-0.25, -0.2) is 8.42 Å². The van der Waals surface area contributed by atoms with Crippen LogP contribution in [-0.2, 0) is 21.0 Å². The number of halogens is 1. The summed E-state index contributed by atoms with van der Waals surface area (Å²) in [6.45, 7) is 8.09. The Morgan fingerprint density at radius 3 is 2.38 bits per heavy atom. The Bertz CT molecular complexity index is 634. The largest absolute Gasteiger partial charge is 0.378 e. The Kier molecular flexibility index (Phi) is 12.9. The summed E-state index contributed by atoms with van der Waals surface area (Å²) in [5, 5.41) is 6.58. The maximum absolute atomic E-state index is 11.0. The first kappa shape index (κ1) is 25.1. The lowest BCUT2D eigenvalue weighted by Crippen LogP contribution is -2.39. The van der Waals surface area contributed by atoms with Crippen LogP contribution in [0, 0.1) is 0 Å². The Hall–Kier alpha value is -0.870. The third-order valence-corrected chi connectivity index (χ3v) is 4.60. The fourth-order valence-corrected chi connectivity index (χ4v) is 2.61. The molecule has 0 aliphatic rings. The van der Waals surface area contributed by atoms with Crippen molar-refractivity contribution in [2.24, 2.45) is 4.99 Å². The second-order valence-electron chi connectivity index (χ2n) is 5.96. The molecule has 26 heavy (non-hydrogen) atoms. The fourth-order valence-electron chi connectivity index (χ4n) is 2.18. The van der Waals surface area contributed by atoms with E-state index in [-0.39, 0.29) is 42.4 Å². The van der Waals surface area contributed by atoms with Crippen LogP contribution in [0.15, 0.2) is 29.3 Å². The van der Waals surface area contributed by atoms with Crippen LogP contribution in [0.4, 0.5) is 0 Å². The fraction of sp³-hybridized carbons (Fsp3) is 0.611. The summed E-state index contributed by atoms with van der Waals surface area (Å²) >= 11 is 0. The number of benzene rings is 1. The van der Waals surface area contributed by atoms with Crippen LogP contribution < -0.4 is 10.6 Å². The van der Waals surface area contributed by atoms with Crippen LogP contribution in [0.1, 0.15) is 37.9 Å². The minimum Gasteiger partial charge on any atom is -0.378 e. The van der Waals surface area contributed by atoms with E-state index in [2.05, 4.69) is 53.7 Å². The highest BCUT2D eigenvalue weighted by Gasteiger charge is 2.07. The van der Waals surface area contributed by atoms with E-state index in [0.29, 0.717) is 13.2 Å². The molecular weight excluding hydrogens is 465 g/mol. The van der Waals surface area contributed by atoms with E-state index in [9.17, 15) is 8.42 Å². The number of guanidine groups is 1. The summed E-state index contributed by atoms with van der Waals surface area (Å²) in [7, 11) is -2.97. The molecule has 6 nitrogen and oxygen atoms in total. The van der Waals surface area contributed by atoms with Crippen molar-refractivity contribution in [3.63, 3.8) is 0 Å². The number of nitrogens with zero attached hydrogens (tertiary/aromatic N) is 1. The van der Waals surface area contributed by atoms with E-state index < -0.39 is 9.84 Å². The highest BCUT2D eigenvalue weighted by atomic mass is 127. The number of nitrogens with one attached hydrogen (secondary N) is 2. The van der Waals surface area contributed by atoms with Gasteiger partial charge in [-0.05, 0) is 31.4 Å². The van der Waals surface area contributed by atoms with Crippen LogP contribution in [0.2, 0.25) is 0 Å². The molecule has 0 amide bonds. The summed E-state index contributed by atoms with van der Waals surface area (Å²) < 4.78 is 27.4. The third-order valence-electron chi connectivity index (χ3n) is 3.69. The van der Waals surface area contributed by atoms with Gasteiger partial charge in [0.1, 0.15) is 9.84 Å². The van der Waals surface area contributed by atoms with Gasteiger partial charge in [-0.1, -0.05) is 31.2 Å². The van der Waals surface area contributed by atoms with Crippen LogP contribution in [0.3, 0.4) is 0 Å². The smallest absolute Gasteiger partial charge is 0.191 e. The van der Waals surface area contributed by atoms with E-state index in [1.807, 2.05) is 6.92 Å². The number of rotatable bonds is 10. The first-order chi connectivity index (χ1) is 11.9. The van der Waals surface area contributed by atoms with E-state index in [4.69, 9.17) is 4.74 Å². The molecule has 0 saturated carbocycles. The van der Waals surface area contributed by atoms with Crippen molar-refractivity contribution < 1.29 is 13.2 Å². The van der Waals surface area contributed by atoms with Crippen LogP contribution in [-0.4, -0.2) is 52.7 Å². The Morgan fingerprint density at radius 2 is 1.85 bits per heavy atom. The zero-order chi connectivity index (χ0) is 18.7. The van der Waals surface area contributed by atoms with Crippen molar-refractivity contribution in [2.45, 2.75) is 33.2 Å². The Balaban J connectivity index is 0.00000625. The van der Waals surface area contributed by atoms with Gasteiger partial charge in [0, 0.05) is 12.8 Å². The zero-order valence-electron chi connectivity index (χ0n) is 16.1. The molecule has 0 heterocycles. The summed E-state index contributed by atoms with van der Waals surface area (Å²) in [5.74, 6) is 0.765. The average Bonchev–Trinajstić information content (AvgIpc) is 2.57. The van der Waals surface area contributed by atoms with Crippen molar-refractivity contribution >= 4 is 39.8 Å². The Morgan fingerprint density at radius 1 is 1.19 bits per heavy atom. The summed E-state index contributed by atoms with van der Waals surface area (Å²) in [4.78, 5) is 4.47. The molecule has 0 radical (unpaired) electrons. The molecule has 0 aliphatic heterocycles. The lowest BCUT2D eigenvalue weighted by atomic mass is 10.1. The number of hydrogen-bond donors (Lipinski definition) is 2. The van der Waals surface area contributed by atoms with Crippen molar-refractivity contribution in [3.05, 3.63) is 35.4 Å². The summed E-state index contributed by atoms with van der Waals surface area (Å²) in [6.07, 6.45) is 2.24. The molecule has 1 atom stereocenters.